The Kier molecular flexibility index (Phi) is 6.77. The van der Waals surface area contributed by atoms with Gasteiger partial charge in [-0.15, -0.1) is 0 Å². The summed E-state index contributed by atoms with van der Waals surface area (Å²) < 4.78 is 6.35. The lowest BCUT2D eigenvalue weighted by molar-refractivity contribution is -0.137. The Bertz CT molecular complexity index is 967. The molecule has 4 rings (SSSR count). The van der Waals surface area contributed by atoms with Gasteiger partial charge in [0.05, 0.1) is 6.10 Å². The van der Waals surface area contributed by atoms with Gasteiger partial charge in [-0.2, -0.15) is 0 Å². The number of nitrogens with zero attached hydrogens (tertiary/aromatic N) is 1. The topological polar surface area (TPSA) is 41.6 Å². The van der Waals surface area contributed by atoms with Gasteiger partial charge in [0.25, 0.3) is 0 Å². The third-order valence-electron chi connectivity index (χ3n) is 5.96. The average molecular weight is 403 g/mol. The van der Waals surface area contributed by atoms with E-state index >= 15 is 0 Å². The summed E-state index contributed by atoms with van der Waals surface area (Å²) in [5.74, 6) is 0.184. The van der Waals surface area contributed by atoms with E-state index in [-0.39, 0.29) is 24.5 Å². The smallest absolute Gasteiger partial charge is 0.248 e. The molecule has 0 spiro atoms. The van der Waals surface area contributed by atoms with Crippen molar-refractivity contribution in [1.29, 1.82) is 0 Å². The van der Waals surface area contributed by atoms with Gasteiger partial charge in [0, 0.05) is 25.6 Å². The maximum atomic E-state index is 12.7. The van der Waals surface area contributed by atoms with Crippen molar-refractivity contribution in [2.24, 2.45) is 0 Å². The van der Waals surface area contributed by atoms with Gasteiger partial charge in [-0.25, -0.2) is 0 Å². The number of rotatable bonds is 8. The Morgan fingerprint density at radius 3 is 2.37 bits per heavy atom. The molecule has 1 aliphatic rings. The minimum Gasteiger partial charge on any atom is -0.363 e. The van der Waals surface area contributed by atoms with Crippen molar-refractivity contribution in [3.05, 3.63) is 83.9 Å². The number of likely N-dealkylation sites (tertiary alicyclic amines) is 1. The maximum Gasteiger partial charge on any atom is 0.248 e. The molecule has 0 aromatic heterocycles. The predicted octanol–water partition coefficient (Wildman–Crippen LogP) is 4.52. The Labute approximate surface area is 178 Å². The molecule has 4 heteroatoms. The number of likely N-dealkylation sites (N-methyl/N-ethyl adjacent to an activating group) is 1. The largest absolute Gasteiger partial charge is 0.363 e. The second-order valence-electron chi connectivity index (χ2n) is 8.00. The van der Waals surface area contributed by atoms with Crippen molar-refractivity contribution < 1.29 is 9.53 Å². The highest BCUT2D eigenvalue weighted by Gasteiger charge is 2.27. The lowest BCUT2D eigenvalue weighted by atomic mass is 9.87. The number of amides is 1. The molecule has 1 aliphatic heterocycles. The molecule has 1 saturated heterocycles. The van der Waals surface area contributed by atoms with Crippen molar-refractivity contribution in [2.75, 3.05) is 33.3 Å². The fourth-order valence-corrected chi connectivity index (χ4v) is 4.36. The Morgan fingerprint density at radius 1 is 0.933 bits per heavy atom. The first-order chi connectivity index (χ1) is 14.8. The zero-order chi connectivity index (χ0) is 20.8. The van der Waals surface area contributed by atoms with Crippen molar-refractivity contribution in [3.63, 3.8) is 0 Å². The summed E-state index contributed by atoms with van der Waals surface area (Å²) in [5.41, 5.74) is 2.31. The van der Waals surface area contributed by atoms with E-state index in [0.717, 1.165) is 38.0 Å². The van der Waals surface area contributed by atoms with Crippen LogP contribution in [0.25, 0.3) is 10.8 Å². The zero-order valence-electron chi connectivity index (χ0n) is 17.6. The Hall–Kier alpha value is -2.69. The highest BCUT2D eigenvalue weighted by molar-refractivity contribution is 5.83. The van der Waals surface area contributed by atoms with Crippen LogP contribution >= 0.6 is 0 Å². The van der Waals surface area contributed by atoms with Crippen LogP contribution in [-0.2, 0) is 9.53 Å². The number of carbonyl (C=O) groups excluding carboxylic acids is 1. The van der Waals surface area contributed by atoms with Crippen molar-refractivity contribution in [1.82, 2.24) is 10.2 Å². The number of carbonyl (C=O) groups is 1. The second-order valence-corrected chi connectivity index (χ2v) is 8.00. The van der Waals surface area contributed by atoms with Crippen LogP contribution in [0, 0.1) is 0 Å². The SMILES string of the molecule is CNC[C@H](c1ccc2ccccc2c1)[C@H](OCC(=O)N1CCCC1)c1ccccc1. The van der Waals surface area contributed by atoms with E-state index in [2.05, 4.69) is 59.9 Å². The van der Waals surface area contributed by atoms with Crippen molar-refractivity contribution in [3.8, 4) is 0 Å². The molecule has 1 heterocycles. The van der Waals surface area contributed by atoms with Crippen molar-refractivity contribution in [2.45, 2.75) is 24.9 Å². The minimum absolute atomic E-state index is 0.0911. The van der Waals surface area contributed by atoms with Gasteiger partial charge in [-0.3, -0.25) is 4.79 Å². The van der Waals surface area contributed by atoms with Gasteiger partial charge in [-0.05, 0) is 41.8 Å². The van der Waals surface area contributed by atoms with E-state index in [1.165, 1.54) is 16.3 Å². The maximum absolute atomic E-state index is 12.7. The van der Waals surface area contributed by atoms with Crippen LogP contribution in [0.3, 0.4) is 0 Å². The molecule has 3 aromatic rings. The number of hydrogen-bond acceptors (Lipinski definition) is 3. The molecule has 4 nitrogen and oxygen atoms in total. The van der Waals surface area contributed by atoms with Gasteiger partial charge < -0.3 is 15.0 Å². The lowest BCUT2D eigenvalue weighted by Crippen LogP contribution is -2.33. The fourth-order valence-electron chi connectivity index (χ4n) is 4.36. The summed E-state index contributed by atoms with van der Waals surface area (Å²) >= 11 is 0. The Morgan fingerprint density at radius 2 is 1.63 bits per heavy atom. The number of benzene rings is 3. The molecule has 1 N–H and O–H groups in total. The number of fused-ring (bicyclic) bond motifs is 1. The van der Waals surface area contributed by atoms with Gasteiger partial charge in [-0.1, -0.05) is 72.8 Å². The first kappa shape index (κ1) is 20.6. The van der Waals surface area contributed by atoms with Crippen LogP contribution in [-0.4, -0.2) is 44.1 Å². The molecule has 30 heavy (non-hydrogen) atoms. The quantitative estimate of drug-likeness (QED) is 0.602. The molecule has 0 saturated carbocycles. The molecule has 156 valence electrons. The van der Waals surface area contributed by atoms with E-state index in [4.69, 9.17) is 4.74 Å². The molecule has 0 aliphatic carbocycles. The summed E-state index contributed by atoms with van der Waals surface area (Å²) in [6.45, 7) is 2.58. The standard InChI is InChI=1S/C26H30N2O2/c1-27-18-24(23-14-13-20-9-5-6-12-22(20)17-23)26(21-10-3-2-4-11-21)30-19-25(29)28-15-7-8-16-28/h2-6,9-14,17,24,26-27H,7-8,15-16,18-19H2,1H3/t24-,26-/m1/s1. The molecule has 1 fully saturated rings. The monoisotopic (exact) mass is 402 g/mol. The second kappa shape index (κ2) is 9.88. The third kappa shape index (κ3) is 4.72. The normalized spacial score (nSPS) is 16.0. The molecule has 0 unspecified atom stereocenters. The summed E-state index contributed by atoms with van der Waals surface area (Å²) in [6, 6.07) is 25.3. The molecule has 0 radical (unpaired) electrons. The van der Waals surface area contributed by atoms with E-state index < -0.39 is 0 Å². The molecular weight excluding hydrogens is 372 g/mol. The predicted molar refractivity (Wildman–Crippen MR) is 122 cm³/mol. The zero-order valence-corrected chi connectivity index (χ0v) is 17.6. The molecular formula is C26H30N2O2. The van der Waals surface area contributed by atoms with E-state index in [0.29, 0.717) is 0 Å². The van der Waals surface area contributed by atoms with Crippen LogP contribution in [0.2, 0.25) is 0 Å². The van der Waals surface area contributed by atoms with E-state index in [1.54, 1.807) is 0 Å². The fraction of sp³-hybridized carbons (Fsp3) is 0.346. The van der Waals surface area contributed by atoms with Crippen molar-refractivity contribution >= 4 is 16.7 Å². The third-order valence-corrected chi connectivity index (χ3v) is 5.96. The number of hydrogen-bond donors (Lipinski definition) is 1. The molecule has 1 amide bonds. The Balaban J connectivity index is 1.63. The molecule has 3 aromatic carbocycles. The summed E-state index contributed by atoms with van der Waals surface area (Å²) in [6.07, 6.45) is 1.98. The molecule has 2 atom stereocenters. The summed E-state index contributed by atoms with van der Waals surface area (Å²) in [5, 5.41) is 5.78. The van der Waals surface area contributed by atoms with Gasteiger partial charge in [0.2, 0.25) is 5.91 Å². The summed E-state index contributed by atoms with van der Waals surface area (Å²) in [4.78, 5) is 14.6. The van der Waals surface area contributed by atoms with Gasteiger partial charge in [0.1, 0.15) is 6.61 Å². The van der Waals surface area contributed by atoms with E-state index in [9.17, 15) is 4.79 Å². The number of ether oxygens (including phenoxy) is 1. The molecule has 0 bridgehead atoms. The number of nitrogens with one attached hydrogen (secondary N) is 1. The van der Waals surface area contributed by atoms with Gasteiger partial charge in [0.15, 0.2) is 0 Å². The highest BCUT2D eigenvalue weighted by Crippen LogP contribution is 2.35. The van der Waals surface area contributed by atoms with Crippen LogP contribution < -0.4 is 5.32 Å². The summed E-state index contributed by atoms with van der Waals surface area (Å²) in [7, 11) is 1.96. The highest BCUT2D eigenvalue weighted by atomic mass is 16.5. The first-order valence-corrected chi connectivity index (χ1v) is 10.8. The van der Waals surface area contributed by atoms with Crippen LogP contribution in [0.1, 0.15) is 36.0 Å². The lowest BCUT2D eigenvalue weighted by Gasteiger charge is -2.29. The van der Waals surface area contributed by atoms with Crippen LogP contribution in [0.4, 0.5) is 0 Å². The minimum atomic E-state index is -0.202. The first-order valence-electron chi connectivity index (χ1n) is 10.8. The van der Waals surface area contributed by atoms with Crippen LogP contribution in [0.5, 0.6) is 0 Å². The van der Waals surface area contributed by atoms with E-state index in [1.807, 2.05) is 30.1 Å². The average Bonchev–Trinajstić information content (AvgIpc) is 3.34. The van der Waals surface area contributed by atoms with Crippen LogP contribution in [0.15, 0.2) is 72.8 Å². The van der Waals surface area contributed by atoms with Gasteiger partial charge >= 0.3 is 0 Å².